The molecule has 2 fully saturated rings. The van der Waals surface area contributed by atoms with Crippen molar-refractivity contribution < 1.29 is 0 Å². The van der Waals surface area contributed by atoms with Crippen LogP contribution >= 0.6 is 11.8 Å². The van der Waals surface area contributed by atoms with Crippen molar-refractivity contribution in [2.45, 2.75) is 101 Å². The Morgan fingerprint density at radius 2 is 0.895 bits per heavy atom. The van der Waals surface area contributed by atoms with Crippen LogP contribution in [0.5, 0.6) is 0 Å². The van der Waals surface area contributed by atoms with Crippen molar-refractivity contribution in [1.29, 1.82) is 0 Å². The lowest BCUT2D eigenvalue weighted by atomic mass is 9.80. The highest BCUT2D eigenvalue weighted by atomic mass is 32.2. The first-order valence-corrected chi connectivity index (χ1v) is 9.44. The molecular weight excluding hydrogens is 248 g/mol. The lowest BCUT2D eigenvalue weighted by Crippen LogP contribution is -2.39. The lowest BCUT2D eigenvalue weighted by Gasteiger charge is -2.45. The van der Waals surface area contributed by atoms with Gasteiger partial charge in [-0.1, -0.05) is 66.2 Å². The summed E-state index contributed by atoms with van der Waals surface area (Å²) in [5.41, 5.74) is 0. The molecule has 112 valence electrons. The summed E-state index contributed by atoms with van der Waals surface area (Å²) in [6.45, 7) is 10.1. The Kier molecular flexibility index (Phi) is 5.31. The van der Waals surface area contributed by atoms with Gasteiger partial charge in [0.1, 0.15) is 0 Å². The zero-order valence-corrected chi connectivity index (χ0v) is 14.5. The SMILES string of the molecule is CC(C)(SC(C)(C)C1CCCCC1)C1CCCCC1. The third-order valence-corrected chi connectivity index (χ3v) is 7.42. The van der Waals surface area contributed by atoms with E-state index in [1.165, 1.54) is 64.2 Å². The van der Waals surface area contributed by atoms with Gasteiger partial charge in [0.15, 0.2) is 0 Å². The van der Waals surface area contributed by atoms with Crippen LogP contribution in [-0.4, -0.2) is 9.49 Å². The molecule has 0 amide bonds. The van der Waals surface area contributed by atoms with E-state index in [1.807, 2.05) is 0 Å². The Hall–Kier alpha value is 0.350. The van der Waals surface area contributed by atoms with Crippen molar-refractivity contribution in [3.8, 4) is 0 Å². The highest BCUT2D eigenvalue weighted by Gasteiger charge is 2.40. The fraction of sp³-hybridized carbons (Fsp3) is 1.00. The molecule has 2 saturated carbocycles. The van der Waals surface area contributed by atoms with Gasteiger partial charge in [0.25, 0.3) is 0 Å². The van der Waals surface area contributed by atoms with Crippen molar-refractivity contribution in [2.75, 3.05) is 0 Å². The topological polar surface area (TPSA) is 0 Å². The normalized spacial score (nSPS) is 24.6. The highest BCUT2D eigenvalue weighted by Crippen LogP contribution is 2.51. The molecular formula is C18H34S. The highest BCUT2D eigenvalue weighted by molar-refractivity contribution is 8.01. The third kappa shape index (κ3) is 4.16. The Labute approximate surface area is 125 Å². The largest absolute Gasteiger partial charge is 0.149 e. The van der Waals surface area contributed by atoms with Crippen LogP contribution in [0.15, 0.2) is 0 Å². The van der Waals surface area contributed by atoms with E-state index in [-0.39, 0.29) is 0 Å². The van der Waals surface area contributed by atoms with E-state index in [4.69, 9.17) is 0 Å². The molecule has 0 atom stereocenters. The first-order chi connectivity index (χ1) is 8.92. The van der Waals surface area contributed by atoms with Gasteiger partial charge in [-0.05, 0) is 37.5 Å². The number of rotatable bonds is 4. The molecule has 2 aliphatic rings. The molecule has 0 heterocycles. The van der Waals surface area contributed by atoms with E-state index < -0.39 is 0 Å². The minimum atomic E-state index is 0.474. The zero-order valence-electron chi connectivity index (χ0n) is 13.6. The van der Waals surface area contributed by atoms with Gasteiger partial charge in [0.2, 0.25) is 0 Å². The van der Waals surface area contributed by atoms with Crippen LogP contribution in [0.25, 0.3) is 0 Å². The summed E-state index contributed by atoms with van der Waals surface area (Å²) < 4.78 is 0.947. The van der Waals surface area contributed by atoms with Crippen molar-refractivity contribution in [3.63, 3.8) is 0 Å². The molecule has 0 bridgehead atoms. The number of thioether (sulfide) groups is 1. The molecule has 2 aliphatic carbocycles. The van der Waals surface area contributed by atoms with Gasteiger partial charge < -0.3 is 0 Å². The fourth-order valence-electron chi connectivity index (χ4n) is 4.44. The van der Waals surface area contributed by atoms with Gasteiger partial charge in [0, 0.05) is 9.49 Å². The van der Waals surface area contributed by atoms with Gasteiger partial charge in [0.05, 0.1) is 0 Å². The summed E-state index contributed by atoms with van der Waals surface area (Å²) in [5, 5.41) is 0. The Bertz CT molecular complexity index is 239. The van der Waals surface area contributed by atoms with Crippen molar-refractivity contribution in [1.82, 2.24) is 0 Å². The van der Waals surface area contributed by atoms with Crippen LogP contribution in [0.3, 0.4) is 0 Å². The molecule has 0 aromatic heterocycles. The smallest absolute Gasteiger partial charge is 0.0137 e. The van der Waals surface area contributed by atoms with E-state index >= 15 is 0 Å². The quantitative estimate of drug-likeness (QED) is 0.572. The third-order valence-electron chi connectivity index (χ3n) is 5.70. The predicted octanol–water partition coefficient (Wildman–Crippen LogP) is 6.44. The Balaban J connectivity index is 1.96. The van der Waals surface area contributed by atoms with Gasteiger partial charge in [-0.25, -0.2) is 0 Å². The summed E-state index contributed by atoms with van der Waals surface area (Å²) in [6, 6.07) is 0. The summed E-state index contributed by atoms with van der Waals surface area (Å²) in [4.78, 5) is 0. The fourth-order valence-corrected chi connectivity index (χ4v) is 6.60. The van der Waals surface area contributed by atoms with Crippen LogP contribution in [0.4, 0.5) is 0 Å². The van der Waals surface area contributed by atoms with Crippen molar-refractivity contribution >= 4 is 11.8 Å². The molecule has 1 heteroatoms. The van der Waals surface area contributed by atoms with E-state index in [0.29, 0.717) is 9.49 Å². The first kappa shape index (κ1) is 15.7. The predicted molar refractivity (Wildman–Crippen MR) is 88.9 cm³/mol. The monoisotopic (exact) mass is 282 g/mol. The second kappa shape index (κ2) is 6.41. The summed E-state index contributed by atoms with van der Waals surface area (Å²) in [6.07, 6.45) is 14.7. The Morgan fingerprint density at radius 1 is 0.579 bits per heavy atom. The number of hydrogen-bond donors (Lipinski definition) is 0. The van der Waals surface area contributed by atoms with Crippen molar-refractivity contribution in [2.24, 2.45) is 11.8 Å². The number of hydrogen-bond acceptors (Lipinski definition) is 1. The standard InChI is InChI=1S/C18H34S/c1-17(2,15-11-7-5-8-12-15)19-18(3,4)16-13-9-6-10-14-16/h15-16H,5-14H2,1-4H3. The van der Waals surface area contributed by atoms with E-state index in [9.17, 15) is 0 Å². The van der Waals surface area contributed by atoms with Crippen molar-refractivity contribution in [3.05, 3.63) is 0 Å². The minimum Gasteiger partial charge on any atom is -0.149 e. The van der Waals surface area contributed by atoms with Crippen LogP contribution in [-0.2, 0) is 0 Å². The second-order valence-corrected chi connectivity index (χ2v) is 10.3. The van der Waals surface area contributed by atoms with Crippen LogP contribution in [0.2, 0.25) is 0 Å². The Morgan fingerprint density at radius 3 is 1.21 bits per heavy atom. The van der Waals surface area contributed by atoms with E-state index in [2.05, 4.69) is 39.5 Å². The molecule has 0 radical (unpaired) electrons. The molecule has 0 saturated heterocycles. The molecule has 0 unspecified atom stereocenters. The second-order valence-electron chi connectivity index (χ2n) is 7.98. The minimum absolute atomic E-state index is 0.474. The maximum absolute atomic E-state index is 2.53. The maximum atomic E-state index is 2.53. The summed E-state index contributed by atoms with van der Waals surface area (Å²) in [7, 11) is 0. The molecule has 19 heavy (non-hydrogen) atoms. The average Bonchev–Trinajstić information content (AvgIpc) is 2.40. The molecule has 0 nitrogen and oxygen atoms in total. The van der Waals surface area contributed by atoms with E-state index in [1.54, 1.807) is 0 Å². The molecule has 0 aliphatic heterocycles. The van der Waals surface area contributed by atoms with Crippen LogP contribution in [0.1, 0.15) is 91.9 Å². The van der Waals surface area contributed by atoms with Gasteiger partial charge in [-0.3, -0.25) is 0 Å². The van der Waals surface area contributed by atoms with Crippen LogP contribution in [0, 0.1) is 11.8 Å². The van der Waals surface area contributed by atoms with Gasteiger partial charge in [-0.15, -0.1) is 11.8 Å². The van der Waals surface area contributed by atoms with Gasteiger partial charge >= 0.3 is 0 Å². The molecule has 0 spiro atoms. The molecule has 0 aromatic rings. The average molecular weight is 283 g/mol. The van der Waals surface area contributed by atoms with E-state index in [0.717, 1.165) is 11.8 Å². The first-order valence-electron chi connectivity index (χ1n) is 8.62. The van der Waals surface area contributed by atoms with Crippen LogP contribution < -0.4 is 0 Å². The maximum Gasteiger partial charge on any atom is 0.0137 e. The lowest BCUT2D eigenvalue weighted by molar-refractivity contribution is 0.283. The molecule has 0 N–H and O–H groups in total. The molecule has 0 aromatic carbocycles. The zero-order chi connectivity index (χ0) is 13.9. The summed E-state index contributed by atoms with van der Waals surface area (Å²) >= 11 is 2.32. The van der Waals surface area contributed by atoms with Gasteiger partial charge in [-0.2, -0.15) is 0 Å². The molecule has 2 rings (SSSR count). The summed E-state index contributed by atoms with van der Waals surface area (Å²) in [5.74, 6) is 1.91.